The summed E-state index contributed by atoms with van der Waals surface area (Å²) in [6.07, 6.45) is 5.75. The molecule has 1 aliphatic heterocycles. The number of rotatable bonds is 4. The highest BCUT2D eigenvalue weighted by atomic mass is 35.5. The van der Waals surface area contributed by atoms with E-state index >= 15 is 0 Å². The molecule has 7 heteroatoms. The van der Waals surface area contributed by atoms with E-state index < -0.39 is 0 Å². The van der Waals surface area contributed by atoms with E-state index in [-0.39, 0.29) is 54.6 Å². The Kier molecular flexibility index (Phi) is 8.77. The second kappa shape index (κ2) is 10.7. The lowest BCUT2D eigenvalue weighted by atomic mass is 9.85. The number of amides is 1. The van der Waals surface area contributed by atoms with Crippen LogP contribution in [0.5, 0.6) is 0 Å². The number of carbonyl (C=O) groups is 1. The molecule has 2 heterocycles. The largest absolute Gasteiger partial charge is 0.442 e. The topological polar surface area (TPSA) is 72.4 Å². The molecule has 0 bridgehead atoms. The second-order valence-corrected chi connectivity index (χ2v) is 8.60. The van der Waals surface area contributed by atoms with Crippen molar-refractivity contribution in [3.05, 3.63) is 42.0 Å². The smallest absolute Gasteiger partial charge is 0.226 e. The van der Waals surface area contributed by atoms with Crippen LogP contribution in [-0.2, 0) is 4.79 Å². The number of halogens is 2. The number of hydrogen-bond donors (Lipinski definition) is 1. The lowest BCUT2D eigenvalue weighted by molar-refractivity contribution is -0.138. The van der Waals surface area contributed by atoms with Crippen molar-refractivity contribution in [2.75, 3.05) is 6.54 Å². The summed E-state index contributed by atoms with van der Waals surface area (Å²) in [5.74, 6) is 2.12. The fourth-order valence-corrected chi connectivity index (χ4v) is 4.66. The molecule has 1 amide bonds. The number of oxazole rings is 1. The normalized spacial score (nSPS) is 23.7. The zero-order valence-electron chi connectivity index (χ0n) is 17.8. The average Bonchev–Trinajstić information content (AvgIpc) is 3.35. The van der Waals surface area contributed by atoms with E-state index in [0.717, 1.165) is 62.1 Å². The fraction of sp³-hybridized carbons (Fsp3) is 0.565. The molecule has 2 aromatic rings. The monoisotopic (exact) mass is 453 g/mol. The molecule has 0 radical (unpaired) electrons. The number of hydrogen-bond acceptors (Lipinski definition) is 4. The van der Waals surface area contributed by atoms with Crippen LogP contribution < -0.4 is 5.73 Å². The molecule has 1 aromatic heterocycles. The van der Waals surface area contributed by atoms with Crippen LogP contribution in [0.2, 0.25) is 0 Å². The second-order valence-electron chi connectivity index (χ2n) is 8.60. The Morgan fingerprint density at radius 2 is 1.87 bits per heavy atom. The van der Waals surface area contributed by atoms with Gasteiger partial charge >= 0.3 is 0 Å². The summed E-state index contributed by atoms with van der Waals surface area (Å²) in [5.41, 5.74) is 8.10. The van der Waals surface area contributed by atoms with E-state index in [1.54, 1.807) is 0 Å². The van der Waals surface area contributed by atoms with Crippen LogP contribution in [0.3, 0.4) is 0 Å². The van der Waals surface area contributed by atoms with E-state index in [2.05, 4.69) is 26.0 Å². The van der Waals surface area contributed by atoms with Crippen molar-refractivity contribution in [2.45, 2.75) is 70.4 Å². The maximum atomic E-state index is 13.2. The molecule has 1 aliphatic carbocycles. The van der Waals surface area contributed by atoms with Crippen LogP contribution in [0, 0.1) is 5.92 Å². The SMILES string of the molecule is CC(C)c1oc(C2CCCN2C(=O)C2CCCC(N)C2)nc1-c1ccccc1.Cl.Cl. The van der Waals surface area contributed by atoms with Gasteiger partial charge in [0, 0.05) is 30.0 Å². The Morgan fingerprint density at radius 1 is 1.13 bits per heavy atom. The van der Waals surface area contributed by atoms with Gasteiger partial charge in [0.1, 0.15) is 17.5 Å². The first kappa shape index (κ1) is 24.7. The molecule has 1 saturated carbocycles. The van der Waals surface area contributed by atoms with Gasteiger partial charge in [-0.1, -0.05) is 50.6 Å². The molecule has 3 atom stereocenters. The first-order valence-corrected chi connectivity index (χ1v) is 10.7. The van der Waals surface area contributed by atoms with Gasteiger partial charge in [-0.15, -0.1) is 24.8 Å². The highest BCUT2D eigenvalue weighted by Gasteiger charge is 2.38. The Bertz CT molecular complexity index is 825. The summed E-state index contributed by atoms with van der Waals surface area (Å²) in [4.78, 5) is 20.1. The molecule has 1 aromatic carbocycles. The van der Waals surface area contributed by atoms with Crippen LogP contribution in [0.1, 0.15) is 76.0 Å². The van der Waals surface area contributed by atoms with Gasteiger partial charge in [-0.05, 0) is 32.1 Å². The number of aromatic nitrogens is 1. The van der Waals surface area contributed by atoms with Crippen molar-refractivity contribution in [3.8, 4) is 11.3 Å². The Morgan fingerprint density at radius 3 is 2.53 bits per heavy atom. The van der Waals surface area contributed by atoms with Crippen molar-refractivity contribution >= 4 is 30.7 Å². The number of nitrogens with two attached hydrogens (primary N) is 1. The summed E-state index contributed by atoms with van der Waals surface area (Å²) in [5, 5.41) is 0. The van der Waals surface area contributed by atoms with E-state index in [9.17, 15) is 4.79 Å². The summed E-state index contributed by atoms with van der Waals surface area (Å²) in [7, 11) is 0. The Labute approximate surface area is 191 Å². The van der Waals surface area contributed by atoms with Gasteiger partial charge in [-0.3, -0.25) is 4.79 Å². The standard InChI is InChI=1S/C23H31N3O2.2ClH/c1-15(2)21-20(16-8-4-3-5-9-16)25-22(28-21)19-12-7-13-26(19)23(27)17-10-6-11-18(24)14-17;;/h3-5,8-9,15,17-19H,6-7,10-14,24H2,1-2H3;2*1H. The first-order valence-electron chi connectivity index (χ1n) is 10.7. The summed E-state index contributed by atoms with van der Waals surface area (Å²) in [6, 6.07) is 10.3. The zero-order valence-corrected chi connectivity index (χ0v) is 19.4. The highest BCUT2D eigenvalue weighted by Crippen LogP contribution is 2.39. The minimum Gasteiger partial charge on any atom is -0.442 e. The van der Waals surface area contributed by atoms with Crippen molar-refractivity contribution < 1.29 is 9.21 Å². The molecule has 5 nitrogen and oxygen atoms in total. The van der Waals surface area contributed by atoms with Crippen LogP contribution in [0.4, 0.5) is 0 Å². The lowest BCUT2D eigenvalue weighted by Gasteiger charge is -2.31. The molecule has 0 spiro atoms. The maximum Gasteiger partial charge on any atom is 0.226 e. The minimum absolute atomic E-state index is 0. The van der Waals surface area contributed by atoms with Gasteiger partial charge in [-0.25, -0.2) is 4.98 Å². The molecule has 2 fully saturated rings. The third-order valence-corrected chi connectivity index (χ3v) is 6.13. The molecular formula is C23H33Cl2N3O2. The molecule has 30 heavy (non-hydrogen) atoms. The predicted molar refractivity (Wildman–Crippen MR) is 124 cm³/mol. The van der Waals surface area contributed by atoms with Gasteiger partial charge in [0.2, 0.25) is 11.8 Å². The van der Waals surface area contributed by atoms with Gasteiger partial charge in [0.15, 0.2) is 0 Å². The lowest BCUT2D eigenvalue weighted by Crippen LogP contribution is -2.40. The summed E-state index contributed by atoms with van der Waals surface area (Å²) in [6.45, 7) is 5.03. The Balaban J connectivity index is 0.00000160. The number of likely N-dealkylation sites (tertiary alicyclic amines) is 1. The molecule has 2 N–H and O–H groups in total. The van der Waals surface area contributed by atoms with Crippen LogP contribution >= 0.6 is 24.8 Å². The highest BCUT2D eigenvalue weighted by molar-refractivity contribution is 5.85. The van der Waals surface area contributed by atoms with Crippen molar-refractivity contribution in [1.82, 2.24) is 9.88 Å². The molecule has 2 aliphatic rings. The van der Waals surface area contributed by atoms with Crippen molar-refractivity contribution in [3.63, 3.8) is 0 Å². The molecule has 166 valence electrons. The molecule has 3 unspecified atom stereocenters. The maximum absolute atomic E-state index is 13.2. The number of benzene rings is 1. The van der Waals surface area contributed by atoms with Crippen LogP contribution in [-0.4, -0.2) is 28.4 Å². The first-order chi connectivity index (χ1) is 13.5. The quantitative estimate of drug-likeness (QED) is 0.663. The average molecular weight is 454 g/mol. The summed E-state index contributed by atoms with van der Waals surface area (Å²) < 4.78 is 6.27. The predicted octanol–water partition coefficient (Wildman–Crippen LogP) is 5.49. The third-order valence-electron chi connectivity index (χ3n) is 6.13. The molecule has 4 rings (SSSR count). The fourth-order valence-electron chi connectivity index (χ4n) is 4.66. The van der Waals surface area contributed by atoms with Gasteiger partial charge in [-0.2, -0.15) is 0 Å². The van der Waals surface area contributed by atoms with E-state index in [1.807, 2.05) is 23.1 Å². The number of nitrogens with zero attached hydrogens (tertiary/aromatic N) is 2. The molecular weight excluding hydrogens is 421 g/mol. The zero-order chi connectivity index (χ0) is 19.7. The van der Waals surface area contributed by atoms with E-state index in [1.165, 1.54) is 0 Å². The van der Waals surface area contributed by atoms with E-state index in [0.29, 0.717) is 5.89 Å². The Hall–Kier alpha value is -1.56. The minimum atomic E-state index is -0.0550. The van der Waals surface area contributed by atoms with Crippen molar-refractivity contribution in [1.29, 1.82) is 0 Å². The van der Waals surface area contributed by atoms with Crippen molar-refractivity contribution in [2.24, 2.45) is 11.7 Å². The van der Waals surface area contributed by atoms with Crippen LogP contribution in [0.15, 0.2) is 34.7 Å². The number of carbonyl (C=O) groups excluding carboxylic acids is 1. The van der Waals surface area contributed by atoms with E-state index in [4.69, 9.17) is 15.1 Å². The van der Waals surface area contributed by atoms with Crippen LogP contribution in [0.25, 0.3) is 11.3 Å². The van der Waals surface area contributed by atoms with Gasteiger partial charge in [0.25, 0.3) is 0 Å². The third kappa shape index (κ3) is 5.01. The van der Waals surface area contributed by atoms with Gasteiger partial charge < -0.3 is 15.1 Å². The van der Waals surface area contributed by atoms with Gasteiger partial charge in [0.05, 0.1) is 0 Å². The molecule has 1 saturated heterocycles. The summed E-state index contributed by atoms with van der Waals surface area (Å²) >= 11 is 0.